The monoisotopic (exact) mass is 365 g/mol. The van der Waals surface area contributed by atoms with Crippen molar-refractivity contribution in [3.05, 3.63) is 78.9 Å². The largest absolute Gasteiger partial charge is 0.493 e. The summed E-state index contributed by atoms with van der Waals surface area (Å²) in [6, 6.07) is 24.6. The number of ether oxygens (including phenoxy) is 2. The van der Waals surface area contributed by atoms with Gasteiger partial charge < -0.3 is 14.8 Å². The average Bonchev–Trinajstić information content (AvgIpc) is 2.69. The SMILES string of the molecule is COc1ccccc1Oc1ccc(NC(=O)CSc2ccccc2)cc1. The van der Waals surface area contributed by atoms with Gasteiger partial charge in [0.05, 0.1) is 12.9 Å². The van der Waals surface area contributed by atoms with E-state index in [0.29, 0.717) is 23.0 Å². The smallest absolute Gasteiger partial charge is 0.234 e. The number of hydrogen-bond donors (Lipinski definition) is 1. The van der Waals surface area contributed by atoms with Crippen molar-refractivity contribution in [1.29, 1.82) is 0 Å². The van der Waals surface area contributed by atoms with Gasteiger partial charge in [0.15, 0.2) is 11.5 Å². The predicted molar refractivity (Wildman–Crippen MR) is 105 cm³/mol. The zero-order valence-corrected chi connectivity index (χ0v) is 15.2. The van der Waals surface area contributed by atoms with E-state index in [4.69, 9.17) is 9.47 Å². The Morgan fingerprint density at radius 3 is 2.23 bits per heavy atom. The van der Waals surface area contributed by atoms with Crippen LogP contribution in [0.4, 0.5) is 5.69 Å². The molecule has 0 aliphatic heterocycles. The minimum atomic E-state index is -0.0442. The van der Waals surface area contributed by atoms with Crippen molar-refractivity contribution in [2.75, 3.05) is 18.2 Å². The molecule has 0 radical (unpaired) electrons. The highest BCUT2D eigenvalue weighted by molar-refractivity contribution is 8.00. The number of thioether (sulfide) groups is 1. The van der Waals surface area contributed by atoms with Crippen molar-refractivity contribution in [2.24, 2.45) is 0 Å². The Hall–Kier alpha value is -2.92. The molecule has 3 rings (SSSR count). The molecule has 0 saturated heterocycles. The lowest BCUT2D eigenvalue weighted by Gasteiger charge is -2.11. The lowest BCUT2D eigenvalue weighted by molar-refractivity contribution is -0.113. The fraction of sp³-hybridized carbons (Fsp3) is 0.0952. The van der Waals surface area contributed by atoms with E-state index in [1.807, 2.05) is 78.9 Å². The topological polar surface area (TPSA) is 47.6 Å². The van der Waals surface area contributed by atoms with Gasteiger partial charge in [0.2, 0.25) is 5.91 Å². The van der Waals surface area contributed by atoms with Crippen LogP contribution in [-0.2, 0) is 4.79 Å². The summed E-state index contributed by atoms with van der Waals surface area (Å²) in [5.74, 6) is 2.31. The minimum absolute atomic E-state index is 0.0442. The van der Waals surface area contributed by atoms with Gasteiger partial charge in [-0.2, -0.15) is 0 Å². The summed E-state index contributed by atoms with van der Waals surface area (Å²) in [5.41, 5.74) is 0.732. The number of para-hydroxylation sites is 2. The summed E-state index contributed by atoms with van der Waals surface area (Å²) < 4.78 is 11.1. The van der Waals surface area contributed by atoms with Gasteiger partial charge in [0, 0.05) is 10.6 Å². The van der Waals surface area contributed by atoms with E-state index in [1.54, 1.807) is 7.11 Å². The maximum Gasteiger partial charge on any atom is 0.234 e. The quantitative estimate of drug-likeness (QED) is 0.583. The molecule has 0 aliphatic rings. The molecule has 0 atom stereocenters. The Balaban J connectivity index is 1.55. The molecular weight excluding hydrogens is 346 g/mol. The van der Waals surface area contributed by atoms with Crippen LogP contribution < -0.4 is 14.8 Å². The number of carbonyl (C=O) groups excluding carboxylic acids is 1. The maximum absolute atomic E-state index is 12.1. The van der Waals surface area contributed by atoms with Gasteiger partial charge in [0.1, 0.15) is 5.75 Å². The van der Waals surface area contributed by atoms with Crippen LogP contribution in [-0.4, -0.2) is 18.8 Å². The zero-order valence-electron chi connectivity index (χ0n) is 14.3. The summed E-state index contributed by atoms with van der Waals surface area (Å²) in [7, 11) is 1.61. The second-order valence-corrected chi connectivity index (χ2v) is 6.48. The fourth-order valence-electron chi connectivity index (χ4n) is 2.30. The van der Waals surface area contributed by atoms with Gasteiger partial charge in [-0.15, -0.1) is 11.8 Å². The van der Waals surface area contributed by atoms with Crippen LogP contribution in [0, 0.1) is 0 Å². The van der Waals surface area contributed by atoms with Crippen LogP contribution >= 0.6 is 11.8 Å². The number of hydrogen-bond acceptors (Lipinski definition) is 4. The molecule has 1 N–H and O–H groups in total. The minimum Gasteiger partial charge on any atom is -0.493 e. The number of benzene rings is 3. The third-order valence-corrected chi connectivity index (χ3v) is 4.56. The highest BCUT2D eigenvalue weighted by atomic mass is 32.2. The number of methoxy groups -OCH3 is 1. The summed E-state index contributed by atoms with van der Waals surface area (Å²) in [5, 5.41) is 2.89. The Kier molecular flexibility index (Phi) is 6.17. The Labute approximate surface area is 157 Å². The van der Waals surface area contributed by atoms with E-state index in [1.165, 1.54) is 11.8 Å². The van der Waals surface area contributed by atoms with Crippen molar-refractivity contribution in [2.45, 2.75) is 4.90 Å². The summed E-state index contributed by atoms with van der Waals surface area (Å²) >= 11 is 1.51. The number of nitrogens with one attached hydrogen (secondary N) is 1. The predicted octanol–water partition coefficient (Wildman–Crippen LogP) is 5.22. The molecule has 0 spiro atoms. The van der Waals surface area contributed by atoms with Crippen molar-refractivity contribution < 1.29 is 14.3 Å². The lowest BCUT2D eigenvalue weighted by Crippen LogP contribution is -2.13. The lowest BCUT2D eigenvalue weighted by atomic mass is 10.3. The van der Waals surface area contributed by atoms with E-state index < -0.39 is 0 Å². The van der Waals surface area contributed by atoms with E-state index in [9.17, 15) is 4.79 Å². The van der Waals surface area contributed by atoms with Crippen LogP contribution in [0.5, 0.6) is 17.2 Å². The van der Waals surface area contributed by atoms with E-state index in [2.05, 4.69) is 5.32 Å². The van der Waals surface area contributed by atoms with Gasteiger partial charge in [-0.3, -0.25) is 4.79 Å². The number of anilines is 1. The molecule has 0 heterocycles. The molecule has 0 aromatic heterocycles. The molecule has 0 aliphatic carbocycles. The molecule has 4 nitrogen and oxygen atoms in total. The molecule has 0 fully saturated rings. The van der Waals surface area contributed by atoms with Crippen molar-refractivity contribution in [1.82, 2.24) is 0 Å². The Morgan fingerprint density at radius 2 is 1.54 bits per heavy atom. The van der Waals surface area contributed by atoms with Crippen LogP contribution in [0.1, 0.15) is 0 Å². The van der Waals surface area contributed by atoms with Gasteiger partial charge in [0.25, 0.3) is 0 Å². The van der Waals surface area contributed by atoms with Gasteiger partial charge >= 0.3 is 0 Å². The van der Waals surface area contributed by atoms with E-state index in [-0.39, 0.29) is 5.91 Å². The maximum atomic E-state index is 12.1. The van der Waals surface area contributed by atoms with E-state index in [0.717, 1.165) is 10.6 Å². The normalized spacial score (nSPS) is 10.2. The molecule has 0 unspecified atom stereocenters. The molecule has 3 aromatic carbocycles. The first-order chi connectivity index (χ1) is 12.7. The highest BCUT2D eigenvalue weighted by Crippen LogP contribution is 2.31. The number of carbonyl (C=O) groups is 1. The third kappa shape index (κ3) is 5.04. The molecule has 0 bridgehead atoms. The van der Waals surface area contributed by atoms with Gasteiger partial charge in [-0.1, -0.05) is 30.3 Å². The van der Waals surface area contributed by atoms with Gasteiger partial charge in [-0.05, 0) is 48.5 Å². The molecule has 132 valence electrons. The van der Waals surface area contributed by atoms with Crippen LogP contribution in [0.2, 0.25) is 0 Å². The first kappa shape index (κ1) is 17.9. The molecule has 5 heteroatoms. The molecular formula is C21H19NO3S. The molecule has 26 heavy (non-hydrogen) atoms. The average molecular weight is 365 g/mol. The number of rotatable bonds is 7. The summed E-state index contributed by atoms with van der Waals surface area (Å²) in [6.45, 7) is 0. The van der Waals surface area contributed by atoms with Gasteiger partial charge in [-0.25, -0.2) is 0 Å². The van der Waals surface area contributed by atoms with Crippen molar-refractivity contribution >= 4 is 23.4 Å². The standard InChI is InChI=1S/C21H19NO3S/c1-24-19-9-5-6-10-20(19)25-17-13-11-16(12-14-17)22-21(23)15-26-18-7-3-2-4-8-18/h2-14H,15H2,1H3,(H,22,23). The third-order valence-electron chi connectivity index (χ3n) is 3.55. The Bertz CT molecular complexity index is 851. The fourth-order valence-corrected chi connectivity index (χ4v) is 3.02. The molecule has 3 aromatic rings. The summed E-state index contributed by atoms with van der Waals surface area (Å²) in [4.78, 5) is 13.1. The highest BCUT2D eigenvalue weighted by Gasteiger charge is 2.06. The second-order valence-electron chi connectivity index (χ2n) is 5.43. The zero-order chi connectivity index (χ0) is 18.2. The summed E-state index contributed by atoms with van der Waals surface area (Å²) in [6.07, 6.45) is 0. The Morgan fingerprint density at radius 1 is 0.885 bits per heavy atom. The second kappa shape index (κ2) is 8.97. The number of amides is 1. The van der Waals surface area contributed by atoms with Crippen LogP contribution in [0.25, 0.3) is 0 Å². The first-order valence-corrected chi connectivity index (χ1v) is 9.12. The van der Waals surface area contributed by atoms with Crippen molar-refractivity contribution in [3.63, 3.8) is 0 Å². The molecule has 0 saturated carbocycles. The van der Waals surface area contributed by atoms with Crippen molar-refractivity contribution in [3.8, 4) is 17.2 Å². The van der Waals surface area contributed by atoms with Crippen LogP contribution in [0.15, 0.2) is 83.8 Å². The van der Waals surface area contributed by atoms with E-state index >= 15 is 0 Å². The molecule has 1 amide bonds. The first-order valence-electron chi connectivity index (χ1n) is 8.13. The van der Waals surface area contributed by atoms with Crippen LogP contribution in [0.3, 0.4) is 0 Å².